The molecule has 0 saturated carbocycles. The summed E-state index contributed by atoms with van der Waals surface area (Å²) < 4.78 is 28.7. The molecule has 5 nitrogen and oxygen atoms in total. The Balaban J connectivity index is 1.94. The number of ether oxygens (including phenoxy) is 3. The van der Waals surface area contributed by atoms with Crippen LogP contribution in [0.2, 0.25) is 0 Å². The van der Waals surface area contributed by atoms with E-state index in [-0.39, 0.29) is 11.7 Å². The monoisotopic (exact) mass is 372 g/mol. The third-order valence-corrected chi connectivity index (χ3v) is 3.47. The summed E-state index contributed by atoms with van der Waals surface area (Å²) >= 11 is 0. The standard InChI is InChI=1S/C21H21FO5/c1-14(2)27-19-10-4-15(12-20(19)25-3)5-11-21(24)26-13-18(23)16-6-8-17(22)9-7-16/h4-12,14H,13H2,1-3H3/b11-5+. The van der Waals surface area contributed by atoms with E-state index in [1.165, 1.54) is 37.5 Å². The van der Waals surface area contributed by atoms with Gasteiger partial charge in [-0.25, -0.2) is 9.18 Å². The SMILES string of the molecule is COc1cc(/C=C/C(=O)OCC(=O)c2ccc(F)cc2)ccc1OC(C)C. The Kier molecular flexibility index (Phi) is 7.11. The van der Waals surface area contributed by atoms with E-state index in [1.54, 1.807) is 24.3 Å². The zero-order valence-electron chi connectivity index (χ0n) is 15.4. The number of hydrogen-bond acceptors (Lipinski definition) is 5. The van der Waals surface area contributed by atoms with Crippen LogP contribution in [-0.4, -0.2) is 31.6 Å². The van der Waals surface area contributed by atoms with E-state index in [2.05, 4.69) is 0 Å². The Hall–Kier alpha value is -3.15. The van der Waals surface area contributed by atoms with Crippen molar-refractivity contribution in [3.63, 3.8) is 0 Å². The molecule has 0 heterocycles. The Morgan fingerprint density at radius 1 is 1.07 bits per heavy atom. The van der Waals surface area contributed by atoms with E-state index < -0.39 is 24.2 Å². The first-order chi connectivity index (χ1) is 12.9. The van der Waals surface area contributed by atoms with Crippen LogP contribution < -0.4 is 9.47 Å². The molecule has 0 amide bonds. The second-order valence-corrected chi connectivity index (χ2v) is 5.95. The molecule has 0 bridgehead atoms. The minimum Gasteiger partial charge on any atom is -0.493 e. The highest BCUT2D eigenvalue weighted by molar-refractivity contribution is 5.98. The number of carbonyl (C=O) groups excluding carboxylic acids is 2. The van der Waals surface area contributed by atoms with Gasteiger partial charge in [0, 0.05) is 11.6 Å². The fourth-order valence-electron chi connectivity index (χ4n) is 2.21. The molecule has 0 aliphatic carbocycles. The molecule has 2 aromatic rings. The van der Waals surface area contributed by atoms with Crippen molar-refractivity contribution in [2.45, 2.75) is 20.0 Å². The van der Waals surface area contributed by atoms with E-state index in [9.17, 15) is 14.0 Å². The number of esters is 1. The number of carbonyl (C=O) groups is 2. The van der Waals surface area contributed by atoms with Crippen LogP contribution in [0.1, 0.15) is 29.8 Å². The quantitative estimate of drug-likeness (QED) is 0.397. The van der Waals surface area contributed by atoms with Crippen molar-refractivity contribution in [3.8, 4) is 11.5 Å². The lowest BCUT2D eigenvalue weighted by molar-refractivity contribution is -0.136. The predicted octanol–water partition coefficient (Wildman–Crippen LogP) is 4.06. The third-order valence-electron chi connectivity index (χ3n) is 3.47. The van der Waals surface area contributed by atoms with Crippen LogP contribution in [0.15, 0.2) is 48.5 Å². The highest BCUT2D eigenvalue weighted by atomic mass is 19.1. The van der Waals surface area contributed by atoms with Gasteiger partial charge in [-0.15, -0.1) is 0 Å². The molecule has 0 radical (unpaired) electrons. The molecule has 2 rings (SSSR count). The van der Waals surface area contributed by atoms with Gasteiger partial charge in [-0.2, -0.15) is 0 Å². The predicted molar refractivity (Wildman–Crippen MR) is 99.5 cm³/mol. The van der Waals surface area contributed by atoms with Crippen molar-refractivity contribution in [2.75, 3.05) is 13.7 Å². The molecule has 27 heavy (non-hydrogen) atoms. The molecular formula is C21H21FO5. The van der Waals surface area contributed by atoms with Gasteiger partial charge in [0.05, 0.1) is 13.2 Å². The topological polar surface area (TPSA) is 61.8 Å². The molecule has 0 N–H and O–H groups in total. The summed E-state index contributed by atoms with van der Waals surface area (Å²) in [5.41, 5.74) is 0.989. The van der Waals surface area contributed by atoms with Crippen molar-refractivity contribution in [1.29, 1.82) is 0 Å². The number of benzene rings is 2. The van der Waals surface area contributed by atoms with E-state index in [0.29, 0.717) is 17.1 Å². The first-order valence-electron chi connectivity index (χ1n) is 8.37. The van der Waals surface area contributed by atoms with Gasteiger partial charge in [-0.1, -0.05) is 6.07 Å². The van der Waals surface area contributed by atoms with Gasteiger partial charge >= 0.3 is 5.97 Å². The zero-order valence-corrected chi connectivity index (χ0v) is 15.4. The molecular weight excluding hydrogens is 351 g/mol. The van der Waals surface area contributed by atoms with Crippen LogP contribution in [0.5, 0.6) is 11.5 Å². The number of hydrogen-bond donors (Lipinski definition) is 0. The van der Waals surface area contributed by atoms with Crippen LogP contribution in [-0.2, 0) is 9.53 Å². The van der Waals surface area contributed by atoms with Crippen molar-refractivity contribution >= 4 is 17.8 Å². The van der Waals surface area contributed by atoms with E-state index in [4.69, 9.17) is 14.2 Å². The highest BCUT2D eigenvalue weighted by Gasteiger charge is 2.09. The molecule has 0 saturated heterocycles. The summed E-state index contributed by atoms with van der Waals surface area (Å²) in [4.78, 5) is 23.7. The van der Waals surface area contributed by atoms with Gasteiger partial charge in [0.15, 0.2) is 23.9 Å². The van der Waals surface area contributed by atoms with Crippen molar-refractivity contribution in [1.82, 2.24) is 0 Å². The van der Waals surface area contributed by atoms with Crippen molar-refractivity contribution < 1.29 is 28.2 Å². The summed E-state index contributed by atoms with van der Waals surface area (Å²) in [5, 5.41) is 0. The average Bonchev–Trinajstić information content (AvgIpc) is 2.65. The lowest BCUT2D eigenvalue weighted by atomic mass is 10.1. The normalized spacial score (nSPS) is 10.9. The van der Waals surface area contributed by atoms with Gasteiger partial charge in [0.25, 0.3) is 0 Å². The number of halogens is 1. The Labute approximate surface area is 157 Å². The smallest absolute Gasteiger partial charge is 0.331 e. The molecule has 6 heteroatoms. The second kappa shape index (κ2) is 9.52. The molecule has 0 aliphatic heterocycles. The molecule has 2 aromatic carbocycles. The summed E-state index contributed by atoms with van der Waals surface area (Å²) in [7, 11) is 1.53. The third kappa shape index (κ3) is 6.26. The first kappa shape index (κ1) is 20.2. The van der Waals surface area contributed by atoms with E-state index >= 15 is 0 Å². The lowest BCUT2D eigenvalue weighted by Crippen LogP contribution is -2.12. The number of methoxy groups -OCH3 is 1. The maximum Gasteiger partial charge on any atom is 0.331 e. The lowest BCUT2D eigenvalue weighted by Gasteiger charge is -2.13. The first-order valence-corrected chi connectivity index (χ1v) is 8.37. The maximum atomic E-state index is 12.8. The van der Waals surface area contributed by atoms with Crippen molar-refractivity contribution in [3.05, 3.63) is 65.5 Å². The largest absolute Gasteiger partial charge is 0.493 e. The number of rotatable bonds is 8. The van der Waals surface area contributed by atoms with Gasteiger partial charge < -0.3 is 14.2 Å². The summed E-state index contributed by atoms with van der Waals surface area (Å²) in [6, 6.07) is 10.3. The number of Topliss-reactive ketones (excluding diaryl/α,β-unsaturated/α-hetero) is 1. The van der Waals surface area contributed by atoms with Gasteiger partial charge in [0.2, 0.25) is 0 Å². The maximum absolute atomic E-state index is 12.8. The Morgan fingerprint density at radius 3 is 2.41 bits per heavy atom. The van der Waals surface area contributed by atoms with Crippen molar-refractivity contribution in [2.24, 2.45) is 0 Å². The van der Waals surface area contributed by atoms with Crippen LogP contribution in [0, 0.1) is 5.82 Å². The molecule has 0 unspecified atom stereocenters. The van der Waals surface area contributed by atoms with Crippen LogP contribution in [0.4, 0.5) is 4.39 Å². The van der Waals surface area contributed by atoms with Crippen LogP contribution in [0.25, 0.3) is 6.08 Å². The molecule has 142 valence electrons. The Bertz CT molecular complexity index is 825. The minimum atomic E-state index is -0.660. The summed E-state index contributed by atoms with van der Waals surface area (Å²) in [6.07, 6.45) is 2.77. The Morgan fingerprint density at radius 2 is 1.78 bits per heavy atom. The van der Waals surface area contributed by atoms with Gasteiger partial charge in [-0.3, -0.25) is 4.79 Å². The average molecular weight is 372 g/mol. The van der Waals surface area contributed by atoms with Crippen LogP contribution in [0.3, 0.4) is 0 Å². The molecule has 0 atom stereocenters. The fourth-order valence-corrected chi connectivity index (χ4v) is 2.21. The molecule has 0 aliphatic rings. The second-order valence-electron chi connectivity index (χ2n) is 5.95. The highest BCUT2D eigenvalue weighted by Crippen LogP contribution is 2.29. The molecule has 0 fully saturated rings. The van der Waals surface area contributed by atoms with Crippen LogP contribution >= 0.6 is 0 Å². The summed E-state index contributed by atoms with van der Waals surface area (Å²) in [6.45, 7) is 3.41. The molecule has 0 spiro atoms. The minimum absolute atomic E-state index is 0.00825. The van der Waals surface area contributed by atoms with E-state index in [0.717, 1.165) is 0 Å². The molecule has 0 aromatic heterocycles. The van der Waals surface area contributed by atoms with E-state index in [1.807, 2.05) is 13.8 Å². The van der Waals surface area contributed by atoms with Gasteiger partial charge in [-0.05, 0) is 61.9 Å². The zero-order chi connectivity index (χ0) is 19.8. The fraction of sp³-hybridized carbons (Fsp3) is 0.238. The summed E-state index contributed by atoms with van der Waals surface area (Å²) in [5.74, 6) is -0.352. The van der Waals surface area contributed by atoms with Gasteiger partial charge in [0.1, 0.15) is 5.82 Å². The number of ketones is 1.